The molecule has 2 N–H and O–H groups in total. The summed E-state index contributed by atoms with van der Waals surface area (Å²) < 4.78 is 26.2. The summed E-state index contributed by atoms with van der Waals surface area (Å²) in [6.45, 7) is 5.02. The highest BCUT2D eigenvalue weighted by Crippen LogP contribution is 2.27. The van der Waals surface area contributed by atoms with Crippen molar-refractivity contribution in [2.45, 2.75) is 11.8 Å². The van der Waals surface area contributed by atoms with E-state index < -0.39 is 10.0 Å². The molecular formula is C17H23N5O3S2. The molecule has 0 atom stereocenters. The Bertz CT molecular complexity index is 934. The smallest absolute Gasteiger partial charge is 0.259 e. The zero-order chi connectivity index (χ0) is 19.6. The van der Waals surface area contributed by atoms with Crippen LogP contribution in [0, 0.1) is 6.92 Å². The fraction of sp³-hybridized carbons (Fsp3) is 0.412. The van der Waals surface area contributed by atoms with Gasteiger partial charge in [0, 0.05) is 57.0 Å². The summed E-state index contributed by atoms with van der Waals surface area (Å²) in [5.41, 5.74) is 1.05. The van der Waals surface area contributed by atoms with Gasteiger partial charge < -0.3 is 10.2 Å². The van der Waals surface area contributed by atoms with E-state index in [-0.39, 0.29) is 10.8 Å². The molecule has 1 aromatic heterocycles. The molecule has 3 rings (SSSR count). The van der Waals surface area contributed by atoms with E-state index in [0.717, 1.165) is 41.0 Å². The highest BCUT2D eigenvalue weighted by Gasteiger charge is 2.24. The number of aromatic nitrogens is 1. The molecule has 146 valence electrons. The van der Waals surface area contributed by atoms with Crippen LogP contribution >= 0.6 is 11.3 Å². The van der Waals surface area contributed by atoms with E-state index in [1.807, 2.05) is 6.92 Å². The Kier molecular flexibility index (Phi) is 5.80. The number of benzene rings is 1. The van der Waals surface area contributed by atoms with Gasteiger partial charge in [0.2, 0.25) is 10.0 Å². The number of anilines is 2. The van der Waals surface area contributed by atoms with Crippen molar-refractivity contribution in [3.63, 3.8) is 0 Å². The minimum atomic E-state index is -3.64. The Labute approximate surface area is 163 Å². The Hall–Kier alpha value is -2.01. The number of aryl methyl sites for hydroxylation is 1. The molecule has 0 bridgehead atoms. The van der Waals surface area contributed by atoms with Crippen LogP contribution in [0.2, 0.25) is 0 Å². The van der Waals surface area contributed by atoms with Crippen LogP contribution in [0.5, 0.6) is 0 Å². The molecule has 27 heavy (non-hydrogen) atoms. The molecule has 0 radical (unpaired) electrons. The molecule has 0 saturated carbocycles. The standard InChI is InChI=1S/C17H23N5O3S2/c1-12-11-19-17(26-12)20-16(23)14-10-13(27(24,25)21(2)3)4-5-15(14)22-8-6-18-7-9-22/h4-5,10-11,18H,6-9H2,1-3H3,(H,19,20,23). The maximum atomic E-state index is 12.9. The average molecular weight is 410 g/mol. The summed E-state index contributed by atoms with van der Waals surface area (Å²) in [5, 5.41) is 6.55. The minimum absolute atomic E-state index is 0.0897. The summed E-state index contributed by atoms with van der Waals surface area (Å²) in [6.07, 6.45) is 1.68. The van der Waals surface area contributed by atoms with Crippen LogP contribution < -0.4 is 15.5 Å². The van der Waals surface area contributed by atoms with Crippen molar-refractivity contribution in [2.75, 3.05) is 50.5 Å². The summed E-state index contributed by atoms with van der Waals surface area (Å²) >= 11 is 1.37. The number of hydrogen-bond donors (Lipinski definition) is 2. The van der Waals surface area contributed by atoms with Crippen LogP contribution in [0.1, 0.15) is 15.2 Å². The maximum Gasteiger partial charge on any atom is 0.259 e. The quantitative estimate of drug-likeness (QED) is 0.774. The van der Waals surface area contributed by atoms with E-state index >= 15 is 0 Å². The first-order valence-corrected chi connectivity index (χ1v) is 10.8. The van der Waals surface area contributed by atoms with Crippen molar-refractivity contribution in [1.82, 2.24) is 14.6 Å². The van der Waals surface area contributed by atoms with Crippen LogP contribution in [0.3, 0.4) is 0 Å². The Balaban J connectivity index is 2.01. The molecule has 10 heteroatoms. The third-order valence-corrected chi connectivity index (χ3v) is 6.93. The lowest BCUT2D eigenvalue weighted by Crippen LogP contribution is -2.44. The summed E-state index contributed by atoms with van der Waals surface area (Å²) in [5.74, 6) is -0.367. The van der Waals surface area contributed by atoms with Gasteiger partial charge >= 0.3 is 0 Å². The first-order valence-electron chi connectivity index (χ1n) is 8.55. The fourth-order valence-corrected chi connectivity index (χ4v) is 4.41. The highest BCUT2D eigenvalue weighted by molar-refractivity contribution is 7.89. The minimum Gasteiger partial charge on any atom is -0.368 e. The molecule has 2 heterocycles. The van der Waals surface area contributed by atoms with Gasteiger partial charge in [0.1, 0.15) is 0 Å². The number of piperazine rings is 1. The van der Waals surface area contributed by atoms with Gasteiger partial charge in [-0.25, -0.2) is 17.7 Å². The SMILES string of the molecule is Cc1cnc(NC(=O)c2cc(S(=O)(=O)N(C)C)ccc2N2CCNCC2)s1. The Morgan fingerprint density at radius 1 is 1.30 bits per heavy atom. The van der Waals surface area contributed by atoms with Crippen molar-refractivity contribution in [2.24, 2.45) is 0 Å². The van der Waals surface area contributed by atoms with Gasteiger partial charge in [0.05, 0.1) is 10.5 Å². The number of nitrogens with one attached hydrogen (secondary N) is 2. The maximum absolute atomic E-state index is 12.9. The third kappa shape index (κ3) is 4.29. The van der Waals surface area contributed by atoms with Crippen molar-refractivity contribution in [3.8, 4) is 0 Å². The van der Waals surface area contributed by atoms with Crippen LogP contribution in [0.25, 0.3) is 0 Å². The summed E-state index contributed by atoms with van der Waals surface area (Å²) in [7, 11) is -0.700. The molecule has 8 nitrogen and oxygen atoms in total. The fourth-order valence-electron chi connectivity index (χ4n) is 2.83. The lowest BCUT2D eigenvalue weighted by Gasteiger charge is -2.31. The summed E-state index contributed by atoms with van der Waals surface area (Å²) in [4.78, 5) is 20.3. The van der Waals surface area contributed by atoms with Crippen LogP contribution in [0.4, 0.5) is 10.8 Å². The second kappa shape index (κ2) is 7.93. The largest absolute Gasteiger partial charge is 0.368 e. The van der Waals surface area contributed by atoms with E-state index in [2.05, 4.69) is 20.5 Å². The molecule has 0 unspecified atom stereocenters. The van der Waals surface area contributed by atoms with Gasteiger partial charge in [-0.2, -0.15) is 0 Å². The van der Waals surface area contributed by atoms with Gasteiger partial charge in [-0.05, 0) is 25.1 Å². The van der Waals surface area contributed by atoms with Crippen LogP contribution in [0.15, 0.2) is 29.3 Å². The highest BCUT2D eigenvalue weighted by atomic mass is 32.2. The number of sulfonamides is 1. The number of carbonyl (C=O) groups excluding carboxylic acids is 1. The molecular weight excluding hydrogens is 386 g/mol. The predicted molar refractivity (Wildman–Crippen MR) is 107 cm³/mol. The first-order chi connectivity index (χ1) is 12.8. The third-order valence-electron chi connectivity index (χ3n) is 4.29. The normalized spacial score (nSPS) is 15.2. The molecule has 2 aromatic rings. The molecule has 1 aliphatic rings. The van der Waals surface area contributed by atoms with E-state index in [9.17, 15) is 13.2 Å². The van der Waals surface area contributed by atoms with Gasteiger partial charge in [-0.1, -0.05) is 0 Å². The molecule has 0 aliphatic carbocycles. The zero-order valence-electron chi connectivity index (χ0n) is 15.5. The van der Waals surface area contributed by atoms with Crippen LogP contribution in [-0.4, -0.2) is 63.9 Å². The van der Waals surface area contributed by atoms with Gasteiger partial charge in [-0.15, -0.1) is 11.3 Å². The molecule has 0 spiro atoms. The van der Waals surface area contributed by atoms with E-state index in [4.69, 9.17) is 0 Å². The van der Waals surface area contributed by atoms with Crippen molar-refractivity contribution in [1.29, 1.82) is 0 Å². The lowest BCUT2D eigenvalue weighted by molar-refractivity contribution is 0.102. The topological polar surface area (TPSA) is 94.6 Å². The van der Waals surface area contributed by atoms with Gasteiger partial charge in [0.15, 0.2) is 5.13 Å². The van der Waals surface area contributed by atoms with Crippen molar-refractivity contribution >= 4 is 38.1 Å². The van der Waals surface area contributed by atoms with E-state index in [1.165, 1.54) is 31.5 Å². The summed E-state index contributed by atoms with van der Waals surface area (Å²) in [6, 6.07) is 4.71. The second-order valence-electron chi connectivity index (χ2n) is 6.43. The lowest BCUT2D eigenvalue weighted by atomic mass is 10.1. The molecule has 1 fully saturated rings. The molecule has 1 aliphatic heterocycles. The molecule has 1 saturated heterocycles. The van der Waals surface area contributed by atoms with Gasteiger partial charge in [-0.3, -0.25) is 10.1 Å². The predicted octanol–water partition coefficient (Wildman–Crippen LogP) is 1.36. The monoisotopic (exact) mass is 409 g/mol. The number of amides is 1. The second-order valence-corrected chi connectivity index (χ2v) is 9.82. The number of rotatable bonds is 5. The Morgan fingerprint density at radius 3 is 2.59 bits per heavy atom. The average Bonchev–Trinajstić information content (AvgIpc) is 3.06. The molecule has 1 aromatic carbocycles. The van der Waals surface area contributed by atoms with E-state index in [0.29, 0.717) is 10.7 Å². The number of nitrogens with zero attached hydrogens (tertiary/aromatic N) is 3. The van der Waals surface area contributed by atoms with Crippen molar-refractivity contribution < 1.29 is 13.2 Å². The Morgan fingerprint density at radius 2 is 2.00 bits per heavy atom. The zero-order valence-corrected chi connectivity index (χ0v) is 17.2. The van der Waals surface area contributed by atoms with Crippen LogP contribution in [-0.2, 0) is 10.0 Å². The number of thiazole rings is 1. The van der Waals surface area contributed by atoms with Gasteiger partial charge in [0.25, 0.3) is 5.91 Å². The first kappa shape index (κ1) is 19.7. The molecule has 1 amide bonds. The van der Waals surface area contributed by atoms with Crippen molar-refractivity contribution in [3.05, 3.63) is 34.8 Å². The number of carbonyl (C=O) groups is 1. The van der Waals surface area contributed by atoms with E-state index in [1.54, 1.807) is 18.3 Å². The number of hydrogen-bond acceptors (Lipinski definition) is 7.